The third-order valence-corrected chi connectivity index (χ3v) is 12.9. The second-order valence-corrected chi connectivity index (χ2v) is 18.2. The lowest BCUT2D eigenvalue weighted by Crippen LogP contribution is -2.00. The zero-order valence-electron chi connectivity index (χ0n) is 4.83. The molecular formula is C3H14Si3. The summed E-state index contributed by atoms with van der Waals surface area (Å²) in [5, 5.41) is 0. The third-order valence-electron chi connectivity index (χ3n) is 0.957. The molecule has 0 radical (unpaired) electrons. The fourth-order valence-corrected chi connectivity index (χ4v) is 9.00. The fraction of sp³-hybridized carbons (Fsp3) is 1.00. The van der Waals surface area contributed by atoms with Gasteiger partial charge in [0.15, 0.2) is 0 Å². The van der Waals surface area contributed by atoms with Crippen LogP contribution < -0.4 is 0 Å². The van der Waals surface area contributed by atoms with Gasteiger partial charge in [-0.1, -0.05) is 19.4 Å². The van der Waals surface area contributed by atoms with Crippen molar-refractivity contribution < 1.29 is 0 Å². The Hall–Kier alpha value is 0.651. The lowest BCUT2D eigenvalue weighted by molar-refractivity contribution is 1.08. The molecule has 0 aromatic rings. The molecule has 0 amide bonds. The average molecular weight is 134 g/mol. The molecule has 6 heavy (non-hydrogen) atoms. The van der Waals surface area contributed by atoms with Crippen LogP contribution in [-0.4, -0.2) is 27.4 Å². The van der Waals surface area contributed by atoms with Crippen molar-refractivity contribution in [3.63, 3.8) is 0 Å². The van der Waals surface area contributed by atoms with Crippen LogP contribution in [0.1, 0.15) is 13.3 Å². The molecule has 38 valence electrons. The zero-order chi connectivity index (χ0) is 4.83. The molecule has 0 spiro atoms. The highest BCUT2D eigenvalue weighted by atomic mass is 29.5. The molecule has 0 atom stereocenters. The molecule has 0 fully saturated rings. The molecule has 0 aromatic heterocycles. The van der Waals surface area contributed by atoms with E-state index in [1.165, 1.54) is 6.42 Å². The van der Waals surface area contributed by atoms with Crippen molar-refractivity contribution >= 4 is 27.4 Å². The topological polar surface area (TPSA) is 0 Å². The van der Waals surface area contributed by atoms with Gasteiger partial charge in [0.25, 0.3) is 0 Å². The van der Waals surface area contributed by atoms with Gasteiger partial charge in [-0.3, -0.25) is 0 Å². The highest BCUT2D eigenvalue weighted by molar-refractivity contribution is 7.23. The lowest BCUT2D eigenvalue weighted by Gasteiger charge is -1.83. The van der Waals surface area contributed by atoms with Crippen molar-refractivity contribution in [2.24, 2.45) is 0 Å². The molecule has 0 N–H and O–H groups in total. The minimum atomic E-state index is 0.622. The van der Waals surface area contributed by atoms with Gasteiger partial charge in [-0.05, 0) is 18.3 Å². The lowest BCUT2D eigenvalue weighted by atomic mass is 10.6. The molecule has 0 unspecified atom stereocenters. The van der Waals surface area contributed by atoms with Gasteiger partial charge in [0.2, 0.25) is 0 Å². The van der Waals surface area contributed by atoms with E-state index in [9.17, 15) is 0 Å². The van der Waals surface area contributed by atoms with Gasteiger partial charge < -0.3 is 0 Å². The number of hydrogen-bond donors (Lipinski definition) is 0. The van der Waals surface area contributed by atoms with E-state index < -0.39 is 0 Å². The Kier molecular flexibility index (Phi) is 6.26. The van der Waals surface area contributed by atoms with E-state index in [1.807, 2.05) is 0 Å². The normalized spacial score (nSPS) is 13.5. The van der Waals surface area contributed by atoms with Crippen molar-refractivity contribution in [2.75, 3.05) is 0 Å². The summed E-state index contributed by atoms with van der Waals surface area (Å²) in [6, 6.07) is 1.65. The minimum Gasteiger partial charge on any atom is -0.0657 e. The maximum Gasteiger partial charge on any atom is 0.00459 e. The van der Waals surface area contributed by atoms with Crippen LogP contribution in [0, 0.1) is 0 Å². The molecular weight excluding hydrogens is 120 g/mol. The van der Waals surface area contributed by atoms with Crippen LogP contribution in [0.4, 0.5) is 0 Å². The van der Waals surface area contributed by atoms with Crippen molar-refractivity contribution in [1.82, 2.24) is 0 Å². The van der Waals surface area contributed by atoms with Crippen molar-refractivity contribution in [2.45, 2.75) is 19.4 Å². The first-order valence-corrected chi connectivity index (χ1v) is 13.6. The molecule has 0 saturated carbocycles. The Morgan fingerprint density at radius 1 is 1.67 bits per heavy atom. The summed E-state index contributed by atoms with van der Waals surface area (Å²) in [6.45, 7) is 2.30. The summed E-state index contributed by atoms with van der Waals surface area (Å²) in [5.41, 5.74) is 0. The number of rotatable bonds is 3. The zero-order valence-corrected chi connectivity index (χ0v) is 9.66. The van der Waals surface area contributed by atoms with Crippen LogP contribution in [-0.2, 0) is 0 Å². The quantitative estimate of drug-likeness (QED) is 0.320. The van der Waals surface area contributed by atoms with E-state index in [-0.39, 0.29) is 0 Å². The van der Waals surface area contributed by atoms with E-state index in [1.54, 1.807) is 15.8 Å². The van der Waals surface area contributed by atoms with Crippen LogP contribution >= 0.6 is 0 Å². The van der Waals surface area contributed by atoms with Crippen LogP contribution in [0.15, 0.2) is 0 Å². The van der Waals surface area contributed by atoms with Gasteiger partial charge >= 0.3 is 0 Å². The van der Waals surface area contributed by atoms with Gasteiger partial charge in [0.05, 0.1) is 0 Å². The van der Waals surface area contributed by atoms with Crippen LogP contribution in [0.3, 0.4) is 0 Å². The van der Waals surface area contributed by atoms with Gasteiger partial charge in [-0.2, -0.15) is 0 Å². The summed E-state index contributed by atoms with van der Waals surface area (Å²) < 4.78 is 0. The van der Waals surface area contributed by atoms with Gasteiger partial charge in [0.1, 0.15) is 0 Å². The Bertz CT molecular complexity index is 18.0. The van der Waals surface area contributed by atoms with E-state index in [0.29, 0.717) is 17.6 Å². The molecule has 0 saturated heterocycles. The first-order chi connectivity index (χ1) is 2.91. The van der Waals surface area contributed by atoms with Crippen molar-refractivity contribution in [3.05, 3.63) is 0 Å². The van der Waals surface area contributed by atoms with Crippen LogP contribution in [0.2, 0.25) is 6.04 Å². The highest BCUT2D eigenvalue weighted by Gasteiger charge is 1.77. The Balaban J connectivity index is 2.34. The van der Waals surface area contributed by atoms with Crippen LogP contribution in [0.5, 0.6) is 0 Å². The van der Waals surface area contributed by atoms with Gasteiger partial charge in [-0.25, -0.2) is 0 Å². The third kappa shape index (κ3) is 4.65. The van der Waals surface area contributed by atoms with E-state index in [2.05, 4.69) is 6.92 Å². The Labute approximate surface area is 47.4 Å². The highest BCUT2D eigenvalue weighted by Crippen LogP contribution is 1.80. The molecule has 0 aliphatic carbocycles. The first-order valence-electron chi connectivity index (χ1n) is 2.91. The second-order valence-electron chi connectivity index (χ2n) is 1.71. The predicted molar refractivity (Wildman–Crippen MR) is 42.1 cm³/mol. The molecule has 0 aliphatic heterocycles. The predicted octanol–water partition coefficient (Wildman–Crippen LogP) is -1.65. The maximum absolute atomic E-state index is 2.30. The van der Waals surface area contributed by atoms with Crippen molar-refractivity contribution in [1.29, 1.82) is 0 Å². The summed E-state index contributed by atoms with van der Waals surface area (Å²) in [5.74, 6) is 0. The summed E-state index contributed by atoms with van der Waals surface area (Å²) in [7, 11) is 2.91. The number of hydrogen-bond acceptors (Lipinski definition) is 0. The summed E-state index contributed by atoms with van der Waals surface area (Å²) in [6.07, 6.45) is 1.47. The molecule has 0 bridgehead atoms. The van der Waals surface area contributed by atoms with Crippen LogP contribution in [0.25, 0.3) is 0 Å². The molecule has 0 nitrogen and oxygen atoms in total. The first kappa shape index (κ1) is 6.65. The van der Waals surface area contributed by atoms with E-state index >= 15 is 0 Å². The maximum atomic E-state index is 2.30. The van der Waals surface area contributed by atoms with Gasteiger partial charge in [-0.15, -0.1) is 0 Å². The van der Waals surface area contributed by atoms with Crippen molar-refractivity contribution in [3.8, 4) is 0 Å². The summed E-state index contributed by atoms with van der Waals surface area (Å²) in [4.78, 5) is 0. The molecule has 0 rings (SSSR count). The van der Waals surface area contributed by atoms with E-state index in [4.69, 9.17) is 0 Å². The second kappa shape index (κ2) is 5.65. The standard InChI is InChI=1S/C3H14Si3/c1-2-3-5-6-4/h2-3,5-6H2,1,4H3. The fourth-order valence-electron chi connectivity index (χ4n) is 0.500. The smallest absolute Gasteiger partial charge is 0.00459 e. The molecule has 0 heterocycles. The molecule has 3 heteroatoms. The Morgan fingerprint density at radius 3 is 2.50 bits per heavy atom. The average Bonchev–Trinajstić information content (AvgIpc) is 1.61. The molecule has 0 aliphatic rings. The minimum absolute atomic E-state index is 0.622. The largest absolute Gasteiger partial charge is 0.0657 e. The summed E-state index contributed by atoms with van der Waals surface area (Å²) >= 11 is 0. The van der Waals surface area contributed by atoms with E-state index in [0.717, 1.165) is 0 Å². The SMILES string of the molecule is CCC[SiH2][SiH2][SiH3]. The van der Waals surface area contributed by atoms with Gasteiger partial charge in [0, 0.05) is 9.04 Å². The Morgan fingerprint density at radius 2 is 2.33 bits per heavy atom. The monoisotopic (exact) mass is 134 g/mol. The molecule has 0 aromatic carbocycles.